The van der Waals surface area contributed by atoms with Gasteiger partial charge in [-0.05, 0) is 50.3 Å². The number of amides is 1. The first kappa shape index (κ1) is 19.1. The van der Waals surface area contributed by atoms with Crippen LogP contribution in [-0.2, 0) is 6.54 Å². The number of piperidine rings is 1. The lowest BCUT2D eigenvalue weighted by molar-refractivity contribution is 0.0906. The van der Waals surface area contributed by atoms with E-state index in [0.29, 0.717) is 17.6 Å². The lowest BCUT2D eigenvalue weighted by Crippen LogP contribution is -2.34. The second kappa shape index (κ2) is 9.32. The normalized spacial score (nSPS) is 21.5. The van der Waals surface area contributed by atoms with Gasteiger partial charge in [0.25, 0.3) is 5.91 Å². The number of hydrogen-bond acceptors (Lipinski definition) is 5. The number of aromatic nitrogens is 2. The quantitative estimate of drug-likeness (QED) is 0.824. The Balaban J connectivity index is 1.30. The van der Waals surface area contributed by atoms with E-state index < -0.39 is 0 Å². The molecule has 1 unspecified atom stereocenters. The Morgan fingerprint density at radius 2 is 2.07 bits per heavy atom. The molecule has 1 aliphatic carbocycles. The molecule has 0 spiro atoms. The molecule has 1 amide bonds. The largest absolute Gasteiger partial charge is 0.351 e. The third-order valence-corrected chi connectivity index (χ3v) is 6.06. The zero-order chi connectivity index (χ0) is 19.2. The molecule has 6 heteroatoms. The minimum atomic E-state index is -0.134. The SMILES string of the molecule is O=C(NCC1CCCCC1)c1cc(C2CCCN(Cc3ccccn3)C2)no1. The molecule has 3 heterocycles. The third kappa shape index (κ3) is 4.98. The van der Waals surface area contributed by atoms with E-state index in [1.54, 1.807) is 0 Å². The number of carbonyl (C=O) groups is 1. The van der Waals surface area contributed by atoms with Gasteiger partial charge in [0.2, 0.25) is 5.76 Å². The molecule has 0 radical (unpaired) electrons. The summed E-state index contributed by atoms with van der Waals surface area (Å²) in [5, 5.41) is 7.25. The van der Waals surface area contributed by atoms with Crippen molar-refractivity contribution in [2.45, 2.75) is 57.4 Å². The first-order valence-electron chi connectivity index (χ1n) is 10.6. The zero-order valence-corrected chi connectivity index (χ0v) is 16.5. The number of carbonyl (C=O) groups excluding carboxylic acids is 1. The van der Waals surface area contributed by atoms with Gasteiger partial charge in [0, 0.05) is 37.8 Å². The summed E-state index contributed by atoms with van der Waals surface area (Å²) in [5.74, 6) is 1.12. The lowest BCUT2D eigenvalue weighted by atomic mass is 9.89. The van der Waals surface area contributed by atoms with Gasteiger partial charge in [0.05, 0.1) is 11.4 Å². The van der Waals surface area contributed by atoms with Gasteiger partial charge in [-0.1, -0.05) is 30.5 Å². The van der Waals surface area contributed by atoms with Gasteiger partial charge in [-0.25, -0.2) is 0 Å². The summed E-state index contributed by atoms with van der Waals surface area (Å²) in [7, 11) is 0. The molecule has 0 bridgehead atoms. The summed E-state index contributed by atoms with van der Waals surface area (Å²) < 4.78 is 5.38. The maximum absolute atomic E-state index is 12.4. The molecule has 6 nitrogen and oxygen atoms in total. The van der Waals surface area contributed by atoms with Crippen molar-refractivity contribution < 1.29 is 9.32 Å². The van der Waals surface area contributed by atoms with Crippen molar-refractivity contribution in [2.75, 3.05) is 19.6 Å². The van der Waals surface area contributed by atoms with Crippen LogP contribution in [0, 0.1) is 5.92 Å². The molecule has 2 fully saturated rings. The van der Waals surface area contributed by atoms with Gasteiger partial charge in [0.1, 0.15) is 0 Å². The summed E-state index contributed by atoms with van der Waals surface area (Å²) in [4.78, 5) is 19.3. The Morgan fingerprint density at radius 1 is 1.18 bits per heavy atom. The van der Waals surface area contributed by atoms with Crippen molar-refractivity contribution in [3.8, 4) is 0 Å². The Morgan fingerprint density at radius 3 is 2.89 bits per heavy atom. The molecule has 1 atom stereocenters. The van der Waals surface area contributed by atoms with Crippen molar-refractivity contribution in [1.29, 1.82) is 0 Å². The molecular formula is C22H30N4O2. The Labute approximate surface area is 166 Å². The molecule has 1 N–H and O–H groups in total. The van der Waals surface area contributed by atoms with E-state index in [1.807, 2.05) is 24.4 Å². The van der Waals surface area contributed by atoms with Gasteiger partial charge in [-0.15, -0.1) is 0 Å². The second-order valence-corrected chi connectivity index (χ2v) is 8.23. The van der Waals surface area contributed by atoms with E-state index in [-0.39, 0.29) is 5.91 Å². The van der Waals surface area contributed by atoms with Crippen molar-refractivity contribution in [1.82, 2.24) is 20.4 Å². The van der Waals surface area contributed by atoms with Crippen LogP contribution in [0.15, 0.2) is 35.0 Å². The number of rotatable bonds is 6. The molecule has 150 valence electrons. The Hall–Kier alpha value is -2.21. The average molecular weight is 383 g/mol. The number of nitrogens with zero attached hydrogens (tertiary/aromatic N) is 3. The van der Waals surface area contributed by atoms with Gasteiger partial charge in [-0.3, -0.25) is 14.7 Å². The van der Waals surface area contributed by atoms with Crippen LogP contribution in [-0.4, -0.2) is 40.6 Å². The molecule has 2 aromatic heterocycles. The number of pyridine rings is 1. The predicted molar refractivity (Wildman–Crippen MR) is 107 cm³/mol. The van der Waals surface area contributed by atoms with E-state index in [9.17, 15) is 4.79 Å². The molecule has 0 aromatic carbocycles. The molecule has 28 heavy (non-hydrogen) atoms. The highest BCUT2D eigenvalue weighted by atomic mass is 16.5. The van der Waals surface area contributed by atoms with E-state index in [0.717, 1.165) is 50.4 Å². The van der Waals surface area contributed by atoms with E-state index in [4.69, 9.17) is 4.52 Å². The average Bonchev–Trinajstić information content (AvgIpc) is 3.24. The summed E-state index contributed by atoms with van der Waals surface area (Å²) in [6.07, 6.45) is 10.4. The van der Waals surface area contributed by atoms with Crippen LogP contribution in [0.1, 0.15) is 72.8 Å². The zero-order valence-electron chi connectivity index (χ0n) is 16.5. The fourth-order valence-electron chi connectivity index (χ4n) is 4.47. The van der Waals surface area contributed by atoms with Crippen LogP contribution in [0.5, 0.6) is 0 Å². The van der Waals surface area contributed by atoms with Crippen molar-refractivity contribution in [3.05, 3.63) is 47.6 Å². The molecule has 1 saturated carbocycles. The van der Waals surface area contributed by atoms with E-state index in [2.05, 4.69) is 26.4 Å². The van der Waals surface area contributed by atoms with Crippen LogP contribution in [0.2, 0.25) is 0 Å². The maximum Gasteiger partial charge on any atom is 0.289 e. The molecule has 2 aliphatic rings. The predicted octanol–water partition coefficient (Wildman–Crippen LogP) is 3.76. The van der Waals surface area contributed by atoms with Gasteiger partial charge in [-0.2, -0.15) is 0 Å². The first-order valence-corrected chi connectivity index (χ1v) is 10.6. The van der Waals surface area contributed by atoms with Crippen molar-refractivity contribution >= 4 is 5.91 Å². The summed E-state index contributed by atoms with van der Waals surface area (Å²) in [5.41, 5.74) is 1.99. The van der Waals surface area contributed by atoms with Gasteiger partial charge >= 0.3 is 0 Å². The second-order valence-electron chi connectivity index (χ2n) is 8.23. The number of likely N-dealkylation sites (tertiary alicyclic amines) is 1. The van der Waals surface area contributed by atoms with Crippen molar-refractivity contribution in [2.24, 2.45) is 5.92 Å². The highest BCUT2D eigenvalue weighted by Gasteiger charge is 2.26. The summed E-state index contributed by atoms with van der Waals surface area (Å²) in [6.45, 7) is 3.59. The first-order chi connectivity index (χ1) is 13.8. The lowest BCUT2D eigenvalue weighted by Gasteiger charge is -2.31. The minimum Gasteiger partial charge on any atom is -0.351 e. The minimum absolute atomic E-state index is 0.134. The smallest absolute Gasteiger partial charge is 0.289 e. The van der Waals surface area contributed by atoms with Crippen LogP contribution in [0.4, 0.5) is 0 Å². The number of hydrogen-bond donors (Lipinski definition) is 1. The molecule has 2 aromatic rings. The number of nitrogens with one attached hydrogen (secondary N) is 1. The molecule has 4 rings (SSSR count). The molecule has 1 saturated heterocycles. The van der Waals surface area contributed by atoms with Crippen LogP contribution in [0.25, 0.3) is 0 Å². The van der Waals surface area contributed by atoms with Gasteiger partial charge < -0.3 is 9.84 Å². The molecule has 1 aliphatic heterocycles. The van der Waals surface area contributed by atoms with Crippen LogP contribution < -0.4 is 5.32 Å². The monoisotopic (exact) mass is 382 g/mol. The van der Waals surface area contributed by atoms with Crippen LogP contribution >= 0.6 is 0 Å². The summed E-state index contributed by atoms with van der Waals surface area (Å²) in [6, 6.07) is 7.87. The standard InChI is InChI=1S/C22H30N4O2/c27-22(24-14-17-7-2-1-3-8-17)21-13-20(25-28-21)18-9-6-12-26(15-18)16-19-10-4-5-11-23-19/h4-5,10-11,13,17-18H,1-3,6-9,12,14-16H2,(H,24,27). The topological polar surface area (TPSA) is 71.3 Å². The maximum atomic E-state index is 12.4. The fraction of sp³-hybridized carbons (Fsp3) is 0.591. The fourth-order valence-corrected chi connectivity index (χ4v) is 4.47. The highest BCUT2D eigenvalue weighted by molar-refractivity contribution is 5.91. The van der Waals surface area contributed by atoms with E-state index in [1.165, 1.54) is 32.1 Å². The van der Waals surface area contributed by atoms with E-state index >= 15 is 0 Å². The Kier molecular flexibility index (Phi) is 6.37. The Bertz CT molecular complexity index is 755. The van der Waals surface area contributed by atoms with Crippen LogP contribution in [0.3, 0.4) is 0 Å². The third-order valence-electron chi connectivity index (χ3n) is 6.06. The molecular weight excluding hydrogens is 352 g/mol. The summed E-state index contributed by atoms with van der Waals surface area (Å²) >= 11 is 0. The highest BCUT2D eigenvalue weighted by Crippen LogP contribution is 2.27. The van der Waals surface area contributed by atoms with Gasteiger partial charge in [0.15, 0.2) is 0 Å². The van der Waals surface area contributed by atoms with Crippen molar-refractivity contribution in [3.63, 3.8) is 0 Å².